The van der Waals surface area contributed by atoms with E-state index in [1.807, 2.05) is 37.1 Å². The van der Waals surface area contributed by atoms with Crippen LogP contribution in [0.5, 0.6) is 11.5 Å². The molecule has 0 fully saturated rings. The molecule has 5 nitrogen and oxygen atoms in total. The maximum Gasteiger partial charge on any atom is 0.238 e. The van der Waals surface area contributed by atoms with Crippen LogP contribution >= 0.6 is 0 Å². The zero-order valence-electron chi connectivity index (χ0n) is 16.6. The van der Waals surface area contributed by atoms with Gasteiger partial charge < -0.3 is 14.8 Å². The Balaban J connectivity index is 1.60. The lowest BCUT2D eigenvalue weighted by Gasteiger charge is -2.19. The van der Waals surface area contributed by atoms with Crippen molar-refractivity contribution in [2.24, 2.45) is 0 Å². The second-order valence-electron chi connectivity index (χ2n) is 7.19. The number of aryl methyl sites for hydroxylation is 3. The van der Waals surface area contributed by atoms with Gasteiger partial charge in [0.05, 0.1) is 20.8 Å². The lowest BCUT2D eigenvalue weighted by Crippen LogP contribution is -2.30. The number of likely N-dealkylation sites (N-methyl/N-ethyl adjacent to an activating group) is 1. The molecule has 0 spiro atoms. The average molecular weight is 368 g/mol. The maximum absolute atomic E-state index is 12.4. The predicted molar refractivity (Wildman–Crippen MR) is 108 cm³/mol. The molecule has 0 atom stereocenters. The van der Waals surface area contributed by atoms with Crippen LogP contribution in [0.25, 0.3) is 0 Å². The van der Waals surface area contributed by atoms with Crippen molar-refractivity contribution in [2.45, 2.75) is 32.7 Å². The van der Waals surface area contributed by atoms with Crippen LogP contribution in [0.15, 0.2) is 30.3 Å². The number of ether oxygens (including phenoxy) is 2. The van der Waals surface area contributed by atoms with E-state index in [9.17, 15) is 4.79 Å². The molecule has 3 rings (SSSR count). The third-order valence-electron chi connectivity index (χ3n) is 5.08. The van der Waals surface area contributed by atoms with Crippen LogP contribution < -0.4 is 14.8 Å². The van der Waals surface area contributed by atoms with E-state index < -0.39 is 0 Å². The fourth-order valence-electron chi connectivity index (χ4n) is 3.64. The zero-order valence-corrected chi connectivity index (χ0v) is 16.6. The van der Waals surface area contributed by atoms with Crippen LogP contribution in [0.2, 0.25) is 0 Å². The molecule has 1 aliphatic carbocycles. The SMILES string of the molecule is COc1cc(C)c(CN(C)CC(=O)Nc2ccc3c(c2)CCC3)cc1OC. The quantitative estimate of drug-likeness (QED) is 0.812. The minimum Gasteiger partial charge on any atom is -0.493 e. The van der Waals surface area contributed by atoms with Gasteiger partial charge in [-0.1, -0.05) is 6.07 Å². The highest BCUT2D eigenvalue weighted by molar-refractivity contribution is 5.92. The van der Waals surface area contributed by atoms with Gasteiger partial charge in [-0.3, -0.25) is 9.69 Å². The molecule has 2 aromatic rings. The summed E-state index contributed by atoms with van der Waals surface area (Å²) in [4.78, 5) is 14.4. The summed E-state index contributed by atoms with van der Waals surface area (Å²) in [6, 6.07) is 10.2. The highest BCUT2D eigenvalue weighted by atomic mass is 16.5. The summed E-state index contributed by atoms with van der Waals surface area (Å²) >= 11 is 0. The molecule has 5 heteroatoms. The molecule has 144 valence electrons. The molecule has 0 radical (unpaired) electrons. The molecule has 0 bridgehead atoms. The largest absolute Gasteiger partial charge is 0.493 e. The number of amides is 1. The van der Waals surface area contributed by atoms with Crippen molar-refractivity contribution in [1.29, 1.82) is 0 Å². The van der Waals surface area contributed by atoms with Gasteiger partial charge in [0, 0.05) is 12.2 Å². The number of carbonyl (C=O) groups excluding carboxylic acids is 1. The van der Waals surface area contributed by atoms with Crippen molar-refractivity contribution in [3.8, 4) is 11.5 Å². The summed E-state index contributed by atoms with van der Waals surface area (Å²) in [6.07, 6.45) is 3.47. The summed E-state index contributed by atoms with van der Waals surface area (Å²) in [5, 5.41) is 3.02. The molecule has 0 aliphatic heterocycles. The van der Waals surface area contributed by atoms with Gasteiger partial charge >= 0.3 is 0 Å². The normalized spacial score (nSPS) is 12.8. The number of benzene rings is 2. The molecule has 1 amide bonds. The van der Waals surface area contributed by atoms with Crippen molar-refractivity contribution in [2.75, 3.05) is 33.1 Å². The fourth-order valence-corrected chi connectivity index (χ4v) is 3.64. The molecule has 0 aromatic heterocycles. The number of hydrogen-bond donors (Lipinski definition) is 1. The molecule has 1 N–H and O–H groups in total. The van der Waals surface area contributed by atoms with Crippen molar-refractivity contribution in [3.63, 3.8) is 0 Å². The monoisotopic (exact) mass is 368 g/mol. The van der Waals surface area contributed by atoms with E-state index >= 15 is 0 Å². The summed E-state index contributed by atoms with van der Waals surface area (Å²) in [6.45, 7) is 3.02. The number of methoxy groups -OCH3 is 2. The average Bonchev–Trinajstić information content (AvgIpc) is 3.10. The summed E-state index contributed by atoms with van der Waals surface area (Å²) in [5.41, 5.74) is 5.88. The standard InChI is InChI=1S/C22H28N2O3/c1-15-10-20(26-3)21(27-4)12-18(15)13-24(2)14-22(25)23-19-9-8-16-6-5-7-17(16)11-19/h8-12H,5-7,13-14H2,1-4H3,(H,23,25). The molecule has 0 unspecified atom stereocenters. The number of hydrogen-bond acceptors (Lipinski definition) is 4. The Kier molecular flexibility index (Phi) is 6.01. The maximum atomic E-state index is 12.4. The van der Waals surface area contributed by atoms with Gasteiger partial charge in [-0.15, -0.1) is 0 Å². The molecule has 27 heavy (non-hydrogen) atoms. The Labute approximate surface area is 161 Å². The second kappa shape index (κ2) is 8.44. The first-order chi connectivity index (χ1) is 13.0. The zero-order chi connectivity index (χ0) is 19.4. The first-order valence-corrected chi connectivity index (χ1v) is 9.32. The van der Waals surface area contributed by atoms with Crippen molar-refractivity contribution >= 4 is 11.6 Å². The third kappa shape index (κ3) is 4.61. The van der Waals surface area contributed by atoms with E-state index in [1.54, 1.807) is 14.2 Å². The number of carbonyl (C=O) groups is 1. The van der Waals surface area contributed by atoms with Crippen LogP contribution in [0.4, 0.5) is 5.69 Å². The van der Waals surface area contributed by atoms with Crippen LogP contribution in [0.1, 0.15) is 28.7 Å². The molecule has 0 saturated carbocycles. The van der Waals surface area contributed by atoms with Gasteiger partial charge in [0.15, 0.2) is 11.5 Å². The smallest absolute Gasteiger partial charge is 0.238 e. The molecule has 2 aromatic carbocycles. The minimum atomic E-state index is -0.00595. The summed E-state index contributed by atoms with van der Waals surface area (Å²) < 4.78 is 10.7. The highest BCUT2D eigenvalue weighted by Gasteiger charge is 2.14. The predicted octanol–water partition coefficient (Wildman–Crippen LogP) is 3.57. The van der Waals surface area contributed by atoms with Crippen LogP contribution in [0.3, 0.4) is 0 Å². The highest BCUT2D eigenvalue weighted by Crippen LogP contribution is 2.30. The van der Waals surface area contributed by atoms with E-state index in [-0.39, 0.29) is 5.91 Å². The summed E-state index contributed by atoms with van der Waals surface area (Å²) in [7, 11) is 5.20. The molecule has 1 aliphatic rings. The number of nitrogens with zero attached hydrogens (tertiary/aromatic N) is 1. The number of rotatable bonds is 7. The number of fused-ring (bicyclic) bond motifs is 1. The summed E-state index contributed by atoms with van der Waals surface area (Å²) in [5.74, 6) is 1.42. The van der Waals surface area contributed by atoms with Crippen LogP contribution in [-0.4, -0.2) is 38.6 Å². The first-order valence-electron chi connectivity index (χ1n) is 9.32. The Morgan fingerprint density at radius 2 is 1.78 bits per heavy atom. The van der Waals surface area contributed by atoms with Gasteiger partial charge in [0.2, 0.25) is 5.91 Å². The van der Waals surface area contributed by atoms with E-state index in [0.717, 1.165) is 35.4 Å². The Morgan fingerprint density at radius 3 is 2.52 bits per heavy atom. The molecule has 0 heterocycles. The van der Waals surface area contributed by atoms with Gasteiger partial charge in [-0.25, -0.2) is 0 Å². The van der Waals surface area contributed by atoms with Gasteiger partial charge in [0.25, 0.3) is 0 Å². The number of anilines is 1. The van der Waals surface area contributed by atoms with Crippen molar-refractivity contribution in [1.82, 2.24) is 4.90 Å². The van der Waals surface area contributed by atoms with Crippen molar-refractivity contribution < 1.29 is 14.3 Å². The van der Waals surface area contributed by atoms with E-state index in [4.69, 9.17) is 9.47 Å². The minimum absolute atomic E-state index is 0.00595. The van der Waals surface area contributed by atoms with E-state index in [0.29, 0.717) is 18.8 Å². The van der Waals surface area contributed by atoms with E-state index in [2.05, 4.69) is 17.4 Å². The Morgan fingerprint density at radius 1 is 1.07 bits per heavy atom. The topological polar surface area (TPSA) is 50.8 Å². The van der Waals surface area contributed by atoms with Crippen LogP contribution in [-0.2, 0) is 24.2 Å². The van der Waals surface area contributed by atoms with Gasteiger partial charge in [0.1, 0.15) is 0 Å². The Bertz CT molecular complexity index is 833. The molecule has 0 saturated heterocycles. The van der Waals surface area contributed by atoms with Crippen molar-refractivity contribution in [3.05, 3.63) is 52.6 Å². The van der Waals surface area contributed by atoms with Gasteiger partial charge in [-0.2, -0.15) is 0 Å². The Hall–Kier alpha value is -2.53. The second-order valence-corrected chi connectivity index (χ2v) is 7.19. The lowest BCUT2D eigenvalue weighted by molar-refractivity contribution is -0.117. The fraction of sp³-hybridized carbons (Fsp3) is 0.409. The third-order valence-corrected chi connectivity index (χ3v) is 5.08. The molecular weight excluding hydrogens is 340 g/mol. The number of nitrogens with one attached hydrogen (secondary N) is 1. The lowest BCUT2D eigenvalue weighted by atomic mass is 10.1. The first kappa shape index (κ1) is 19.2. The van der Waals surface area contributed by atoms with Crippen LogP contribution in [0, 0.1) is 6.92 Å². The van der Waals surface area contributed by atoms with E-state index in [1.165, 1.54) is 17.5 Å². The molecular formula is C22H28N2O3. The van der Waals surface area contributed by atoms with Gasteiger partial charge in [-0.05, 0) is 79.8 Å².